The van der Waals surface area contributed by atoms with Gasteiger partial charge in [0, 0.05) is 5.02 Å². The first-order chi connectivity index (χ1) is 9.59. The van der Waals surface area contributed by atoms with Crippen LogP contribution in [0.15, 0.2) is 54.6 Å². The molecule has 0 amide bonds. The van der Waals surface area contributed by atoms with Crippen molar-refractivity contribution in [2.45, 2.75) is 13.1 Å². The molecule has 0 aliphatic carbocycles. The number of benzene rings is 3. The second-order valence-electron chi connectivity index (χ2n) is 6.02. The van der Waals surface area contributed by atoms with Gasteiger partial charge in [0.2, 0.25) is 0 Å². The van der Waals surface area contributed by atoms with Crippen molar-refractivity contribution in [1.82, 2.24) is 0 Å². The summed E-state index contributed by atoms with van der Waals surface area (Å²) >= 11 is 6.23. The van der Waals surface area contributed by atoms with Crippen LogP contribution >= 0.6 is 11.6 Å². The Morgan fingerprint density at radius 3 is 2.50 bits per heavy atom. The summed E-state index contributed by atoms with van der Waals surface area (Å²) in [5, 5.41) is 6.54. The van der Waals surface area contributed by atoms with Crippen molar-refractivity contribution < 1.29 is 0 Å². The molecule has 4 rings (SSSR count). The summed E-state index contributed by atoms with van der Waals surface area (Å²) in [6.45, 7) is 4.84. The number of hydrogen-bond donors (Lipinski definition) is 0. The smallest absolute Gasteiger partial charge is 0.0843 e. The molecule has 0 bridgehead atoms. The molecule has 3 aromatic rings. The summed E-state index contributed by atoms with van der Waals surface area (Å²) in [6, 6.07) is 19.7. The molecule has 0 N–H and O–H groups in total. The van der Waals surface area contributed by atoms with Gasteiger partial charge < -0.3 is 0 Å². The lowest BCUT2D eigenvalue weighted by Gasteiger charge is -2.19. The molecule has 0 atom stereocenters. The minimum atomic E-state index is -1.61. The third-order valence-corrected chi connectivity index (χ3v) is 8.29. The van der Waals surface area contributed by atoms with E-state index in [9.17, 15) is 0 Å². The molecule has 3 aromatic carbocycles. The maximum absolute atomic E-state index is 6.23. The van der Waals surface area contributed by atoms with Crippen LogP contribution in [0.4, 0.5) is 0 Å². The van der Waals surface area contributed by atoms with E-state index in [2.05, 4.69) is 61.6 Å². The lowest BCUT2D eigenvalue weighted by atomic mass is 9.98. The highest BCUT2D eigenvalue weighted by molar-refractivity contribution is 7.04. The Bertz CT molecular complexity index is 849. The molecule has 0 unspecified atom stereocenters. The molecule has 98 valence electrons. The Labute approximate surface area is 125 Å². The fourth-order valence-corrected chi connectivity index (χ4v) is 6.83. The molecular weight excluding hydrogens is 280 g/mol. The summed E-state index contributed by atoms with van der Waals surface area (Å²) in [7, 11) is -1.61. The summed E-state index contributed by atoms with van der Waals surface area (Å²) in [5.41, 5.74) is 2.82. The van der Waals surface area contributed by atoms with Crippen molar-refractivity contribution in [2.75, 3.05) is 0 Å². The lowest BCUT2D eigenvalue weighted by molar-refractivity contribution is 1.73. The van der Waals surface area contributed by atoms with Gasteiger partial charge in [0.1, 0.15) is 8.07 Å². The van der Waals surface area contributed by atoms with Gasteiger partial charge in [-0.1, -0.05) is 67.2 Å². The third kappa shape index (κ3) is 1.48. The standard InChI is InChI=1S/C18H15ClSi/c1-20(2)16-10-7-12-5-3-4-6-14(12)18(16)15-9-8-13(19)11-17(15)20/h3-11H,1-2H3. The van der Waals surface area contributed by atoms with E-state index in [1.54, 1.807) is 0 Å². The normalized spacial score (nSPS) is 15.2. The number of fused-ring (bicyclic) bond motifs is 5. The predicted molar refractivity (Wildman–Crippen MR) is 91.1 cm³/mol. The van der Waals surface area contributed by atoms with Gasteiger partial charge in [-0.2, -0.15) is 0 Å². The van der Waals surface area contributed by atoms with Crippen molar-refractivity contribution in [1.29, 1.82) is 0 Å². The van der Waals surface area contributed by atoms with Crippen LogP contribution in [-0.4, -0.2) is 8.07 Å². The lowest BCUT2D eigenvalue weighted by Crippen LogP contribution is -2.49. The van der Waals surface area contributed by atoms with Crippen molar-refractivity contribution in [3.63, 3.8) is 0 Å². The molecule has 1 aliphatic heterocycles. The van der Waals surface area contributed by atoms with Gasteiger partial charge in [-0.3, -0.25) is 0 Å². The summed E-state index contributed by atoms with van der Waals surface area (Å²) in [4.78, 5) is 0. The second-order valence-corrected chi connectivity index (χ2v) is 10.8. The van der Waals surface area contributed by atoms with E-state index in [1.807, 2.05) is 6.07 Å². The van der Waals surface area contributed by atoms with E-state index in [4.69, 9.17) is 11.6 Å². The first-order valence-corrected chi connectivity index (χ1v) is 10.3. The Morgan fingerprint density at radius 2 is 1.65 bits per heavy atom. The van der Waals surface area contributed by atoms with Crippen molar-refractivity contribution in [3.8, 4) is 11.1 Å². The average molecular weight is 295 g/mol. The molecule has 20 heavy (non-hydrogen) atoms. The quantitative estimate of drug-likeness (QED) is 0.542. The van der Waals surface area contributed by atoms with Gasteiger partial charge in [0.15, 0.2) is 0 Å². The molecular formula is C18H15ClSi. The highest BCUT2D eigenvalue weighted by Crippen LogP contribution is 2.34. The molecule has 0 nitrogen and oxygen atoms in total. The maximum atomic E-state index is 6.23. The Morgan fingerprint density at radius 1 is 0.850 bits per heavy atom. The van der Waals surface area contributed by atoms with Gasteiger partial charge in [-0.15, -0.1) is 0 Å². The Hall–Kier alpha value is -1.57. The molecule has 0 spiro atoms. The molecule has 0 radical (unpaired) electrons. The molecule has 2 heteroatoms. The van der Waals surface area contributed by atoms with Crippen LogP contribution in [0.1, 0.15) is 0 Å². The van der Waals surface area contributed by atoms with Crippen LogP contribution in [0.3, 0.4) is 0 Å². The molecule has 0 saturated heterocycles. The molecule has 0 saturated carbocycles. The van der Waals surface area contributed by atoms with Crippen molar-refractivity contribution in [3.05, 3.63) is 59.6 Å². The Balaban J connectivity index is 2.20. The van der Waals surface area contributed by atoms with Crippen molar-refractivity contribution in [2.24, 2.45) is 0 Å². The van der Waals surface area contributed by atoms with Crippen LogP contribution in [0, 0.1) is 0 Å². The van der Waals surface area contributed by atoms with E-state index in [0.717, 1.165) is 5.02 Å². The van der Waals surface area contributed by atoms with Crippen LogP contribution < -0.4 is 10.4 Å². The van der Waals surface area contributed by atoms with Gasteiger partial charge >= 0.3 is 0 Å². The topological polar surface area (TPSA) is 0 Å². The first-order valence-electron chi connectivity index (χ1n) is 6.92. The van der Waals surface area contributed by atoms with E-state index in [-0.39, 0.29) is 0 Å². The highest BCUT2D eigenvalue weighted by atomic mass is 35.5. The summed E-state index contributed by atoms with van der Waals surface area (Å²) in [5.74, 6) is 0. The summed E-state index contributed by atoms with van der Waals surface area (Å²) in [6.07, 6.45) is 0. The second kappa shape index (κ2) is 3.97. The van der Waals surface area contributed by atoms with Crippen LogP contribution in [0.5, 0.6) is 0 Å². The van der Waals surface area contributed by atoms with Gasteiger partial charge in [-0.05, 0) is 44.4 Å². The highest BCUT2D eigenvalue weighted by Gasteiger charge is 2.38. The van der Waals surface area contributed by atoms with Crippen LogP contribution in [0.25, 0.3) is 21.9 Å². The van der Waals surface area contributed by atoms with Gasteiger partial charge in [0.25, 0.3) is 0 Å². The maximum Gasteiger partial charge on any atom is 0.113 e. The van der Waals surface area contributed by atoms with Gasteiger partial charge in [-0.25, -0.2) is 0 Å². The fourth-order valence-electron chi connectivity index (χ4n) is 3.48. The van der Waals surface area contributed by atoms with E-state index in [1.165, 1.54) is 32.3 Å². The summed E-state index contributed by atoms with van der Waals surface area (Å²) < 4.78 is 0. The molecule has 0 fully saturated rings. The zero-order valence-corrected chi connectivity index (χ0v) is 13.3. The van der Waals surface area contributed by atoms with Crippen LogP contribution in [-0.2, 0) is 0 Å². The Kier molecular flexibility index (Phi) is 2.42. The largest absolute Gasteiger partial charge is 0.113 e. The SMILES string of the molecule is C[Si]1(C)c2cc(Cl)ccc2-c2c1ccc1ccccc21. The van der Waals surface area contributed by atoms with Crippen LogP contribution in [0.2, 0.25) is 18.1 Å². The number of rotatable bonds is 0. The van der Waals surface area contributed by atoms with E-state index in [0.29, 0.717) is 0 Å². The minimum absolute atomic E-state index is 0.849. The number of halogens is 1. The molecule has 1 heterocycles. The number of hydrogen-bond acceptors (Lipinski definition) is 0. The fraction of sp³-hybridized carbons (Fsp3) is 0.111. The minimum Gasteiger partial charge on any atom is -0.0843 e. The van der Waals surface area contributed by atoms with Crippen molar-refractivity contribution >= 4 is 40.8 Å². The molecule has 1 aliphatic rings. The van der Waals surface area contributed by atoms with E-state index >= 15 is 0 Å². The van der Waals surface area contributed by atoms with E-state index < -0.39 is 8.07 Å². The monoisotopic (exact) mass is 294 g/mol. The van der Waals surface area contributed by atoms with Gasteiger partial charge in [0.05, 0.1) is 0 Å². The zero-order valence-electron chi connectivity index (χ0n) is 11.6. The zero-order chi connectivity index (χ0) is 13.9. The predicted octanol–water partition coefficient (Wildman–Crippen LogP) is 4.30. The average Bonchev–Trinajstić information content (AvgIpc) is 2.68. The third-order valence-electron chi connectivity index (χ3n) is 4.53. The molecule has 0 aromatic heterocycles. The first kappa shape index (κ1) is 12.2.